The summed E-state index contributed by atoms with van der Waals surface area (Å²) in [5, 5.41) is 3.20. The molecule has 1 amide bonds. The summed E-state index contributed by atoms with van der Waals surface area (Å²) >= 11 is 0. The van der Waals surface area contributed by atoms with Crippen molar-refractivity contribution in [3.05, 3.63) is 17.8 Å². The van der Waals surface area contributed by atoms with Crippen LogP contribution in [0.4, 0.5) is 11.5 Å². The molecule has 1 fully saturated rings. The SMILES string of the molecule is Cc1nc(N)ccc1N(C)C(=O)[C@@H]1CCCN1. The molecule has 0 saturated carbocycles. The summed E-state index contributed by atoms with van der Waals surface area (Å²) < 4.78 is 0. The van der Waals surface area contributed by atoms with Gasteiger partial charge < -0.3 is 16.0 Å². The fraction of sp³-hybridized carbons (Fsp3) is 0.500. The number of hydrogen-bond acceptors (Lipinski definition) is 4. The molecule has 1 aliphatic rings. The lowest BCUT2D eigenvalue weighted by atomic mass is 10.2. The lowest BCUT2D eigenvalue weighted by molar-refractivity contribution is -0.119. The number of carbonyl (C=O) groups is 1. The Hall–Kier alpha value is -1.62. The van der Waals surface area contributed by atoms with Crippen molar-refractivity contribution in [2.45, 2.75) is 25.8 Å². The number of hydrogen-bond donors (Lipinski definition) is 2. The van der Waals surface area contributed by atoms with E-state index >= 15 is 0 Å². The van der Waals surface area contributed by atoms with Gasteiger partial charge >= 0.3 is 0 Å². The van der Waals surface area contributed by atoms with Gasteiger partial charge in [0.2, 0.25) is 5.91 Å². The molecule has 1 aromatic rings. The number of anilines is 2. The third kappa shape index (κ3) is 2.39. The van der Waals surface area contributed by atoms with E-state index in [1.54, 1.807) is 18.0 Å². The van der Waals surface area contributed by atoms with Gasteiger partial charge in [0.05, 0.1) is 17.4 Å². The molecule has 0 aliphatic carbocycles. The lowest BCUT2D eigenvalue weighted by Gasteiger charge is -2.22. The highest BCUT2D eigenvalue weighted by Crippen LogP contribution is 2.20. The van der Waals surface area contributed by atoms with Crippen molar-refractivity contribution in [3.8, 4) is 0 Å². The fourth-order valence-electron chi connectivity index (χ4n) is 2.18. The summed E-state index contributed by atoms with van der Waals surface area (Å²) in [5.41, 5.74) is 7.19. The van der Waals surface area contributed by atoms with Crippen molar-refractivity contribution in [2.75, 3.05) is 24.2 Å². The largest absolute Gasteiger partial charge is 0.384 e. The normalized spacial score (nSPS) is 19.3. The van der Waals surface area contributed by atoms with Gasteiger partial charge in [-0.25, -0.2) is 4.98 Å². The first-order chi connectivity index (χ1) is 8.09. The van der Waals surface area contributed by atoms with Gasteiger partial charge in [-0.05, 0) is 38.4 Å². The Morgan fingerprint density at radius 2 is 2.35 bits per heavy atom. The van der Waals surface area contributed by atoms with Crippen LogP contribution in [-0.4, -0.2) is 30.5 Å². The Bertz CT molecular complexity index is 427. The molecule has 1 aliphatic heterocycles. The Kier molecular flexibility index (Phi) is 3.28. The van der Waals surface area contributed by atoms with E-state index in [4.69, 9.17) is 5.73 Å². The molecule has 1 saturated heterocycles. The number of carbonyl (C=O) groups excluding carboxylic acids is 1. The highest BCUT2D eigenvalue weighted by Gasteiger charge is 2.26. The number of nitrogens with two attached hydrogens (primary N) is 1. The van der Waals surface area contributed by atoms with E-state index in [-0.39, 0.29) is 11.9 Å². The third-order valence-corrected chi connectivity index (χ3v) is 3.13. The van der Waals surface area contributed by atoms with Crippen LogP contribution < -0.4 is 16.0 Å². The van der Waals surface area contributed by atoms with Crippen LogP contribution in [0.5, 0.6) is 0 Å². The molecular weight excluding hydrogens is 216 g/mol. The van der Waals surface area contributed by atoms with Gasteiger partial charge in [0.1, 0.15) is 5.82 Å². The highest BCUT2D eigenvalue weighted by molar-refractivity contribution is 5.97. The van der Waals surface area contributed by atoms with E-state index in [0.29, 0.717) is 5.82 Å². The molecule has 5 heteroatoms. The minimum absolute atomic E-state index is 0.0584. The average Bonchev–Trinajstić information content (AvgIpc) is 2.80. The van der Waals surface area contributed by atoms with Crippen LogP contribution in [0.2, 0.25) is 0 Å². The van der Waals surface area contributed by atoms with E-state index in [1.807, 2.05) is 13.0 Å². The molecule has 0 aromatic carbocycles. The summed E-state index contributed by atoms with van der Waals surface area (Å²) in [4.78, 5) is 18.0. The first kappa shape index (κ1) is 11.9. The van der Waals surface area contributed by atoms with Crippen LogP contribution in [0.25, 0.3) is 0 Å². The smallest absolute Gasteiger partial charge is 0.243 e. The number of amides is 1. The first-order valence-corrected chi connectivity index (χ1v) is 5.83. The zero-order valence-corrected chi connectivity index (χ0v) is 10.2. The molecule has 0 unspecified atom stereocenters. The summed E-state index contributed by atoms with van der Waals surface area (Å²) in [6.07, 6.45) is 1.97. The Morgan fingerprint density at radius 3 is 2.94 bits per heavy atom. The van der Waals surface area contributed by atoms with E-state index < -0.39 is 0 Å². The molecule has 0 bridgehead atoms. The second kappa shape index (κ2) is 4.71. The number of likely N-dealkylation sites (N-methyl/N-ethyl adjacent to an activating group) is 1. The van der Waals surface area contributed by atoms with Gasteiger partial charge in [-0.3, -0.25) is 4.79 Å². The topological polar surface area (TPSA) is 71.2 Å². The van der Waals surface area contributed by atoms with Crippen LogP contribution in [0.15, 0.2) is 12.1 Å². The van der Waals surface area contributed by atoms with Crippen molar-refractivity contribution in [1.29, 1.82) is 0 Å². The molecule has 2 heterocycles. The monoisotopic (exact) mass is 234 g/mol. The second-order valence-electron chi connectivity index (χ2n) is 4.39. The van der Waals surface area contributed by atoms with Crippen molar-refractivity contribution < 1.29 is 4.79 Å². The number of aromatic nitrogens is 1. The molecule has 1 aromatic heterocycles. The average molecular weight is 234 g/mol. The molecular formula is C12H18N4O. The van der Waals surface area contributed by atoms with Crippen molar-refractivity contribution in [1.82, 2.24) is 10.3 Å². The van der Waals surface area contributed by atoms with Gasteiger partial charge in [-0.1, -0.05) is 0 Å². The highest BCUT2D eigenvalue weighted by atomic mass is 16.2. The molecule has 92 valence electrons. The van der Waals surface area contributed by atoms with Gasteiger partial charge in [-0.15, -0.1) is 0 Å². The zero-order chi connectivity index (χ0) is 12.4. The van der Waals surface area contributed by atoms with E-state index in [9.17, 15) is 4.79 Å². The van der Waals surface area contributed by atoms with E-state index in [0.717, 1.165) is 30.8 Å². The molecule has 2 rings (SSSR count). The minimum Gasteiger partial charge on any atom is -0.384 e. The zero-order valence-electron chi connectivity index (χ0n) is 10.2. The quantitative estimate of drug-likeness (QED) is 0.789. The summed E-state index contributed by atoms with van der Waals surface area (Å²) in [6.45, 7) is 2.78. The lowest BCUT2D eigenvalue weighted by Crippen LogP contribution is -2.42. The van der Waals surface area contributed by atoms with Gasteiger partial charge in [0, 0.05) is 7.05 Å². The van der Waals surface area contributed by atoms with Crippen LogP contribution in [-0.2, 0) is 4.79 Å². The molecule has 0 radical (unpaired) electrons. The van der Waals surface area contributed by atoms with Crippen LogP contribution in [0.1, 0.15) is 18.5 Å². The van der Waals surface area contributed by atoms with E-state index in [2.05, 4.69) is 10.3 Å². The molecule has 1 atom stereocenters. The maximum absolute atomic E-state index is 12.2. The Balaban J connectivity index is 2.18. The number of nitrogens with zero attached hydrogens (tertiary/aromatic N) is 2. The third-order valence-electron chi connectivity index (χ3n) is 3.13. The minimum atomic E-state index is -0.0584. The maximum Gasteiger partial charge on any atom is 0.243 e. The molecule has 3 N–H and O–H groups in total. The van der Waals surface area contributed by atoms with Gasteiger partial charge in [0.15, 0.2) is 0 Å². The van der Waals surface area contributed by atoms with Crippen molar-refractivity contribution in [3.63, 3.8) is 0 Å². The van der Waals surface area contributed by atoms with Gasteiger partial charge in [0.25, 0.3) is 0 Å². The van der Waals surface area contributed by atoms with Crippen LogP contribution in [0.3, 0.4) is 0 Å². The van der Waals surface area contributed by atoms with Gasteiger partial charge in [-0.2, -0.15) is 0 Å². The van der Waals surface area contributed by atoms with E-state index in [1.165, 1.54) is 0 Å². The van der Waals surface area contributed by atoms with Crippen LogP contribution in [0, 0.1) is 6.92 Å². The number of rotatable bonds is 2. The first-order valence-electron chi connectivity index (χ1n) is 5.83. The number of aryl methyl sites for hydroxylation is 1. The predicted octanol–water partition coefficient (Wildman–Crippen LogP) is 0.687. The second-order valence-corrected chi connectivity index (χ2v) is 4.39. The molecule has 0 spiro atoms. The summed E-state index contributed by atoms with van der Waals surface area (Å²) in [7, 11) is 1.78. The number of nitrogen functional groups attached to an aromatic ring is 1. The molecule has 5 nitrogen and oxygen atoms in total. The number of nitrogens with one attached hydrogen (secondary N) is 1. The fourth-order valence-corrected chi connectivity index (χ4v) is 2.18. The maximum atomic E-state index is 12.2. The van der Waals surface area contributed by atoms with Crippen molar-refractivity contribution in [2.24, 2.45) is 0 Å². The van der Waals surface area contributed by atoms with Crippen LogP contribution >= 0.6 is 0 Å². The number of pyridine rings is 1. The molecule has 17 heavy (non-hydrogen) atoms. The Morgan fingerprint density at radius 1 is 1.59 bits per heavy atom. The van der Waals surface area contributed by atoms with Crippen molar-refractivity contribution >= 4 is 17.4 Å². The summed E-state index contributed by atoms with van der Waals surface area (Å²) in [6, 6.07) is 3.50. The summed E-state index contributed by atoms with van der Waals surface area (Å²) in [5.74, 6) is 0.572. The predicted molar refractivity (Wildman–Crippen MR) is 67.8 cm³/mol. The Labute approximate surface area is 101 Å². The standard InChI is InChI=1S/C12H18N4O/c1-8-10(5-6-11(13)15-8)16(2)12(17)9-4-3-7-14-9/h5-6,9,14H,3-4,7H2,1-2H3,(H2,13,15)/t9-/m0/s1.